The molecule has 0 saturated heterocycles. The van der Waals surface area contributed by atoms with Gasteiger partial charge in [0.1, 0.15) is 17.2 Å². The van der Waals surface area contributed by atoms with Gasteiger partial charge in [-0.2, -0.15) is 9.94 Å². The quantitative estimate of drug-likeness (QED) is 0.578. The molecule has 2 N–H and O–H groups in total. The Balaban J connectivity index is 1.52. The van der Waals surface area contributed by atoms with Crippen molar-refractivity contribution in [3.8, 4) is 23.3 Å². The molecule has 2 aromatic carbocycles. The number of carbonyl (C=O) groups excluding carboxylic acids is 1. The Labute approximate surface area is 192 Å². The maximum atomic E-state index is 14.0. The summed E-state index contributed by atoms with van der Waals surface area (Å²) in [5.74, 6) is -3.86. The molecular formula is C20H9Cl2F2N5O4. The number of amides is 1. The summed E-state index contributed by atoms with van der Waals surface area (Å²) in [6.45, 7) is 0. The van der Waals surface area contributed by atoms with Gasteiger partial charge >= 0.3 is 5.69 Å². The summed E-state index contributed by atoms with van der Waals surface area (Å²) in [4.78, 5) is 37.7. The summed E-state index contributed by atoms with van der Waals surface area (Å²) in [6.07, 6.45) is -0.593. The number of fused-ring (bicyclic) bond motifs is 2. The molecule has 1 fully saturated rings. The van der Waals surface area contributed by atoms with E-state index >= 15 is 0 Å². The molecule has 3 aromatic rings. The second kappa shape index (κ2) is 6.87. The lowest BCUT2D eigenvalue weighted by Gasteiger charge is -2.14. The molecule has 33 heavy (non-hydrogen) atoms. The zero-order valence-corrected chi connectivity index (χ0v) is 17.6. The minimum Gasteiger partial charge on any atom is -0.454 e. The molecule has 2 heterocycles. The first-order valence-corrected chi connectivity index (χ1v) is 9.98. The van der Waals surface area contributed by atoms with Gasteiger partial charge in [-0.3, -0.25) is 14.6 Å². The van der Waals surface area contributed by atoms with Crippen LogP contribution < -0.4 is 21.3 Å². The standard InChI is InChI=1S/C20H9Cl2F2N5O4/c21-11-3-8(29-18(32)27-16(30)14(6-25)28-29)4-12(22)15(11)33-9-1-2-13-10(5-9)19(17(31)26-13)7-20(19,23)24/h1-5H,7H2,(H,26,31)(H,27,30,32). The number of aromatic nitrogens is 3. The van der Waals surface area contributed by atoms with E-state index in [2.05, 4.69) is 10.4 Å². The van der Waals surface area contributed by atoms with Crippen LogP contribution in [0.5, 0.6) is 11.5 Å². The maximum Gasteiger partial charge on any atom is 0.349 e. The van der Waals surface area contributed by atoms with Crippen molar-refractivity contribution < 1.29 is 18.3 Å². The predicted molar refractivity (Wildman–Crippen MR) is 112 cm³/mol. The van der Waals surface area contributed by atoms with E-state index in [1.165, 1.54) is 30.3 Å². The van der Waals surface area contributed by atoms with Crippen LogP contribution >= 0.6 is 23.2 Å². The Morgan fingerprint density at radius 3 is 2.42 bits per heavy atom. The molecule has 1 spiro atoms. The molecule has 0 radical (unpaired) electrons. The predicted octanol–water partition coefficient (Wildman–Crippen LogP) is 3.12. The largest absolute Gasteiger partial charge is 0.454 e. The average Bonchev–Trinajstić information content (AvgIpc) is 3.23. The molecule has 1 aliphatic carbocycles. The van der Waals surface area contributed by atoms with Crippen LogP contribution in [-0.2, 0) is 10.2 Å². The molecule has 1 aromatic heterocycles. The number of ether oxygens (including phenoxy) is 1. The van der Waals surface area contributed by atoms with Gasteiger partial charge in [0.05, 0.1) is 15.7 Å². The van der Waals surface area contributed by atoms with Crippen molar-refractivity contribution in [3.05, 3.63) is 72.5 Å². The number of halogens is 4. The van der Waals surface area contributed by atoms with Gasteiger partial charge in [0.15, 0.2) is 5.75 Å². The van der Waals surface area contributed by atoms with Crippen molar-refractivity contribution in [2.75, 3.05) is 5.32 Å². The Kier molecular flexibility index (Phi) is 4.40. The highest BCUT2D eigenvalue weighted by molar-refractivity contribution is 6.37. The molecule has 1 unspecified atom stereocenters. The third-order valence-corrected chi connectivity index (χ3v) is 6.02. The zero-order valence-electron chi connectivity index (χ0n) is 16.1. The number of H-pyrrole nitrogens is 1. The number of alkyl halides is 2. The van der Waals surface area contributed by atoms with Crippen LogP contribution in [0.2, 0.25) is 10.0 Å². The highest BCUT2D eigenvalue weighted by atomic mass is 35.5. The molecule has 1 atom stereocenters. The smallest absolute Gasteiger partial charge is 0.349 e. The molecule has 5 rings (SSSR count). The molecule has 13 heteroatoms. The van der Waals surface area contributed by atoms with E-state index in [9.17, 15) is 23.2 Å². The number of hydrogen-bond acceptors (Lipinski definition) is 6. The maximum absolute atomic E-state index is 14.0. The normalized spacial score (nSPS) is 19.7. The molecular weight excluding hydrogens is 483 g/mol. The molecule has 0 bridgehead atoms. The summed E-state index contributed by atoms with van der Waals surface area (Å²) >= 11 is 12.5. The Morgan fingerprint density at radius 1 is 1.15 bits per heavy atom. The zero-order chi connectivity index (χ0) is 23.7. The van der Waals surface area contributed by atoms with E-state index in [4.69, 9.17) is 33.2 Å². The number of hydrogen-bond donors (Lipinski definition) is 2. The number of nitriles is 1. The molecule has 1 aliphatic heterocycles. The fourth-order valence-electron chi connectivity index (χ4n) is 3.76. The Morgan fingerprint density at radius 2 is 1.82 bits per heavy atom. The summed E-state index contributed by atoms with van der Waals surface area (Å²) in [7, 11) is 0. The number of nitrogens with zero attached hydrogens (tertiary/aromatic N) is 3. The Bertz CT molecular complexity index is 1520. The summed E-state index contributed by atoms with van der Waals surface area (Å²) in [5, 5.41) is 14.9. The topological polar surface area (TPSA) is 130 Å². The van der Waals surface area contributed by atoms with E-state index in [1.54, 1.807) is 6.07 Å². The molecule has 2 aliphatic rings. The summed E-state index contributed by atoms with van der Waals surface area (Å²) in [6, 6.07) is 8.28. The van der Waals surface area contributed by atoms with Gasteiger partial charge in [0.2, 0.25) is 11.6 Å². The number of aromatic amines is 1. The van der Waals surface area contributed by atoms with Gasteiger partial charge in [-0.1, -0.05) is 23.2 Å². The minimum atomic E-state index is -3.16. The van der Waals surface area contributed by atoms with Crippen molar-refractivity contribution in [3.63, 3.8) is 0 Å². The van der Waals surface area contributed by atoms with Gasteiger partial charge in [-0.25, -0.2) is 13.6 Å². The molecule has 1 amide bonds. The van der Waals surface area contributed by atoms with E-state index in [-0.39, 0.29) is 38.5 Å². The van der Waals surface area contributed by atoms with Crippen molar-refractivity contribution in [1.29, 1.82) is 5.26 Å². The molecule has 1 saturated carbocycles. The lowest BCUT2D eigenvalue weighted by molar-refractivity contribution is -0.120. The van der Waals surface area contributed by atoms with Crippen LogP contribution in [0.25, 0.3) is 5.69 Å². The fraction of sp³-hybridized carbons (Fsp3) is 0.150. The lowest BCUT2D eigenvalue weighted by Crippen LogP contribution is -2.33. The van der Waals surface area contributed by atoms with Crippen molar-refractivity contribution in [2.24, 2.45) is 0 Å². The van der Waals surface area contributed by atoms with Gasteiger partial charge in [-0.15, -0.1) is 5.10 Å². The van der Waals surface area contributed by atoms with E-state index in [0.717, 1.165) is 4.68 Å². The second-order valence-corrected chi connectivity index (χ2v) is 8.23. The monoisotopic (exact) mass is 491 g/mol. The van der Waals surface area contributed by atoms with Crippen molar-refractivity contribution in [2.45, 2.75) is 17.8 Å². The average molecular weight is 492 g/mol. The number of benzene rings is 2. The van der Waals surface area contributed by atoms with Gasteiger partial charge in [-0.05, 0) is 30.3 Å². The number of anilines is 1. The van der Waals surface area contributed by atoms with Crippen LogP contribution in [-0.4, -0.2) is 26.6 Å². The van der Waals surface area contributed by atoms with Crippen molar-refractivity contribution >= 4 is 34.8 Å². The summed E-state index contributed by atoms with van der Waals surface area (Å²) in [5.41, 5.74) is -3.90. The SMILES string of the molecule is N#Cc1nn(-c2cc(Cl)c(Oc3ccc4c(c3)C3(CC3(F)F)C(=O)N4)c(Cl)c2)c(=O)[nH]c1=O. The highest BCUT2D eigenvalue weighted by Crippen LogP contribution is 2.66. The van der Waals surface area contributed by atoms with Crippen LogP contribution in [0.4, 0.5) is 14.5 Å². The number of rotatable bonds is 3. The first-order chi connectivity index (χ1) is 15.6. The lowest BCUT2D eigenvalue weighted by atomic mass is 9.97. The number of carbonyl (C=O) groups is 1. The minimum absolute atomic E-state index is 0.0374. The highest BCUT2D eigenvalue weighted by Gasteiger charge is 2.79. The fourth-order valence-corrected chi connectivity index (χ4v) is 4.31. The third kappa shape index (κ3) is 3.02. The Hall–Kier alpha value is -3.75. The molecule has 166 valence electrons. The van der Waals surface area contributed by atoms with Crippen LogP contribution in [0.1, 0.15) is 17.7 Å². The van der Waals surface area contributed by atoms with Gasteiger partial charge in [0.25, 0.3) is 11.5 Å². The second-order valence-electron chi connectivity index (χ2n) is 7.42. The summed E-state index contributed by atoms with van der Waals surface area (Å²) < 4.78 is 34.4. The first kappa shape index (κ1) is 21.1. The van der Waals surface area contributed by atoms with Gasteiger partial charge in [0, 0.05) is 17.7 Å². The van der Waals surface area contributed by atoms with E-state index < -0.39 is 40.6 Å². The van der Waals surface area contributed by atoms with Crippen LogP contribution in [0, 0.1) is 11.3 Å². The molecule has 9 nitrogen and oxygen atoms in total. The van der Waals surface area contributed by atoms with E-state index in [1.807, 2.05) is 4.98 Å². The third-order valence-electron chi connectivity index (χ3n) is 5.45. The van der Waals surface area contributed by atoms with Crippen molar-refractivity contribution in [1.82, 2.24) is 14.8 Å². The van der Waals surface area contributed by atoms with Crippen LogP contribution in [0.15, 0.2) is 39.9 Å². The number of nitrogens with one attached hydrogen (secondary N) is 2. The van der Waals surface area contributed by atoms with Crippen LogP contribution in [0.3, 0.4) is 0 Å². The van der Waals surface area contributed by atoms with Gasteiger partial charge < -0.3 is 10.1 Å². The van der Waals surface area contributed by atoms with E-state index in [0.29, 0.717) is 0 Å². The first-order valence-electron chi connectivity index (χ1n) is 9.22.